The van der Waals surface area contributed by atoms with Gasteiger partial charge in [-0.15, -0.1) is 24.0 Å². The summed E-state index contributed by atoms with van der Waals surface area (Å²) in [5.74, 6) is 2.30. The van der Waals surface area contributed by atoms with Crippen LogP contribution in [-0.4, -0.2) is 59.8 Å². The van der Waals surface area contributed by atoms with Gasteiger partial charge in [-0.2, -0.15) is 0 Å². The molecule has 1 aliphatic heterocycles. The minimum atomic E-state index is -0.0475. The highest BCUT2D eigenvalue weighted by Gasteiger charge is 2.33. The molecule has 1 aromatic rings. The quantitative estimate of drug-likeness (QED) is 0.339. The average Bonchev–Trinajstić information content (AvgIpc) is 3.06. The first kappa shape index (κ1) is 26.2. The number of ether oxygens (including phenoxy) is 1. The molecule has 1 saturated heterocycles. The number of aliphatic imine (C=N–C) groups is 1. The molecule has 0 aromatic carbocycles. The summed E-state index contributed by atoms with van der Waals surface area (Å²) in [7, 11) is 0. The molecule has 168 valence electrons. The maximum Gasteiger partial charge on any atom is 0.216 e. The van der Waals surface area contributed by atoms with Crippen LogP contribution in [0.4, 0.5) is 0 Å². The second kappa shape index (κ2) is 10.9. The van der Waals surface area contributed by atoms with E-state index in [-0.39, 0.29) is 47.1 Å². The molecule has 2 atom stereocenters. The minimum absolute atomic E-state index is 0. The number of aromatic nitrogens is 1. The van der Waals surface area contributed by atoms with Crippen LogP contribution in [0.2, 0.25) is 0 Å². The normalized spacial score (nSPS) is 21.6. The van der Waals surface area contributed by atoms with E-state index in [2.05, 4.69) is 80.9 Å². The van der Waals surface area contributed by atoms with Crippen molar-refractivity contribution < 1.29 is 9.15 Å². The second-order valence-corrected chi connectivity index (χ2v) is 9.39. The molecule has 0 amide bonds. The maximum absolute atomic E-state index is 5.87. The molecule has 1 aromatic heterocycles. The van der Waals surface area contributed by atoms with Crippen molar-refractivity contribution in [3.05, 3.63) is 17.8 Å². The van der Waals surface area contributed by atoms with Crippen molar-refractivity contribution in [2.24, 2.45) is 4.99 Å². The average molecular weight is 521 g/mol. The first-order chi connectivity index (χ1) is 13.0. The smallest absolute Gasteiger partial charge is 0.216 e. The third kappa shape index (κ3) is 8.05. The zero-order valence-electron chi connectivity index (χ0n) is 19.3. The van der Waals surface area contributed by atoms with Crippen molar-refractivity contribution in [3.8, 4) is 0 Å². The van der Waals surface area contributed by atoms with Gasteiger partial charge in [0.25, 0.3) is 0 Å². The predicted molar refractivity (Wildman–Crippen MR) is 129 cm³/mol. The summed E-state index contributed by atoms with van der Waals surface area (Å²) in [6, 6.07) is 0. The first-order valence-corrected chi connectivity index (χ1v) is 10.4. The number of halogens is 1. The zero-order chi connectivity index (χ0) is 20.9. The van der Waals surface area contributed by atoms with E-state index in [1.54, 1.807) is 6.20 Å². The van der Waals surface area contributed by atoms with Crippen molar-refractivity contribution >= 4 is 29.9 Å². The number of morpholine rings is 1. The third-order valence-corrected chi connectivity index (χ3v) is 4.97. The van der Waals surface area contributed by atoms with Gasteiger partial charge in [-0.1, -0.05) is 20.8 Å². The number of guanidine groups is 1. The fourth-order valence-electron chi connectivity index (χ4n) is 3.30. The Balaban J connectivity index is 0.00000420. The van der Waals surface area contributed by atoms with Crippen LogP contribution in [0, 0.1) is 0 Å². The summed E-state index contributed by atoms with van der Waals surface area (Å²) in [5.41, 5.74) is -0.0566. The summed E-state index contributed by atoms with van der Waals surface area (Å²) < 4.78 is 11.7. The number of nitrogens with one attached hydrogen (secondary N) is 2. The molecule has 8 heteroatoms. The van der Waals surface area contributed by atoms with Crippen molar-refractivity contribution in [2.45, 2.75) is 85.1 Å². The Hall–Kier alpha value is -0.870. The van der Waals surface area contributed by atoms with E-state index >= 15 is 0 Å². The van der Waals surface area contributed by atoms with Gasteiger partial charge >= 0.3 is 0 Å². The van der Waals surface area contributed by atoms with Crippen LogP contribution in [0.1, 0.15) is 67.0 Å². The Labute approximate surface area is 193 Å². The number of oxazole rings is 1. The Morgan fingerprint density at radius 3 is 2.31 bits per heavy atom. The van der Waals surface area contributed by atoms with Gasteiger partial charge < -0.3 is 19.8 Å². The lowest BCUT2D eigenvalue weighted by atomic mass is 9.94. The lowest BCUT2D eigenvalue weighted by Gasteiger charge is -2.45. The van der Waals surface area contributed by atoms with E-state index in [9.17, 15) is 0 Å². The van der Waals surface area contributed by atoms with E-state index in [4.69, 9.17) is 9.15 Å². The van der Waals surface area contributed by atoms with Crippen LogP contribution in [-0.2, 0) is 16.7 Å². The fourth-order valence-corrected chi connectivity index (χ4v) is 3.30. The Morgan fingerprint density at radius 2 is 1.79 bits per heavy atom. The molecule has 1 aliphatic rings. The van der Waals surface area contributed by atoms with Crippen LogP contribution < -0.4 is 10.6 Å². The van der Waals surface area contributed by atoms with E-state index in [0.29, 0.717) is 12.4 Å². The van der Waals surface area contributed by atoms with Crippen molar-refractivity contribution in [2.75, 3.05) is 26.2 Å². The number of nitrogens with zero attached hydrogens (tertiary/aromatic N) is 3. The predicted octanol–water partition coefficient (Wildman–Crippen LogP) is 3.53. The molecule has 2 rings (SSSR count). The summed E-state index contributed by atoms with van der Waals surface area (Å²) in [4.78, 5) is 11.5. The second-order valence-electron chi connectivity index (χ2n) is 9.39. The van der Waals surface area contributed by atoms with E-state index in [0.717, 1.165) is 37.9 Å². The van der Waals surface area contributed by atoms with Gasteiger partial charge in [-0.25, -0.2) is 9.98 Å². The summed E-state index contributed by atoms with van der Waals surface area (Å²) in [5, 5.41) is 6.79. The number of hydrogen-bond donors (Lipinski definition) is 2. The highest BCUT2D eigenvalue weighted by atomic mass is 127. The van der Waals surface area contributed by atoms with Gasteiger partial charge in [0.2, 0.25) is 5.89 Å². The minimum Gasteiger partial charge on any atom is -0.443 e. The third-order valence-electron chi connectivity index (χ3n) is 4.97. The van der Waals surface area contributed by atoms with E-state index < -0.39 is 0 Å². The molecular formula is C21H40IN5O2. The number of hydrogen-bond acceptors (Lipinski definition) is 5. The Bertz CT molecular complexity index is 644. The molecule has 2 unspecified atom stereocenters. The number of rotatable bonds is 6. The first-order valence-electron chi connectivity index (χ1n) is 10.4. The Kier molecular flexibility index (Phi) is 9.88. The zero-order valence-corrected chi connectivity index (χ0v) is 21.7. The fraction of sp³-hybridized carbons (Fsp3) is 0.810. The molecule has 0 bridgehead atoms. The van der Waals surface area contributed by atoms with Crippen LogP contribution in [0.3, 0.4) is 0 Å². The molecule has 29 heavy (non-hydrogen) atoms. The van der Waals surface area contributed by atoms with Crippen LogP contribution in [0.5, 0.6) is 0 Å². The molecule has 0 radical (unpaired) electrons. The molecule has 7 nitrogen and oxygen atoms in total. The monoisotopic (exact) mass is 521 g/mol. The lowest BCUT2D eigenvalue weighted by Crippen LogP contribution is -2.59. The van der Waals surface area contributed by atoms with Gasteiger partial charge in [0, 0.05) is 37.1 Å². The standard InChI is InChI=1S/C21H39N5O2.HI/c1-9-22-19(24-11-18-23-10-17(28-18)20(4,5)6)25-14-21(7,8)26-12-15(2)27-16(3)13-26;/h10,15-16H,9,11-14H2,1-8H3,(H2,22,24,25);1H. The SMILES string of the molecule is CCNC(=NCc1ncc(C(C)(C)C)o1)NCC(C)(C)N1CC(C)OC(C)C1.I. The molecule has 0 spiro atoms. The van der Waals surface area contributed by atoms with Gasteiger partial charge in [-0.3, -0.25) is 4.90 Å². The molecular weight excluding hydrogens is 481 g/mol. The van der Waals surface area contributed by atoms with Gasteiger partial charge in [0.1, 0.15) is 12.3 Å². The largest absolute Gasteiger partial charge is 0.443 e. The van der Waals surface area contributed by atoms with Gasteiger partial charge in [0.05, 0.1) is 18.4 Å². The Morgan fingerprint density at radius 1 is 1.17 bits per heavy atom. The van der Waals surface area contributed by atoms with Crippen LogP contribution in [0.15, 0.2) is 15.6 Å². The topological polar surface area (TPSA) is 74.9 Å². The maximum atomic E-state index is 5.87. The van der Waals surface area contributed by atoms with E-state index in [1.807, 2.05) is 0 Å². The van der Waals surface area contributed by atoms with Crippen molar-refractivity contribution in [1.82, 2.24) is 20.5 Å². The van der Waals surface area contributed by atoms with Gasteiger partial charge in [0.15, 0.2) is 5.96 Å². The summed E-state index contributed by atoms with van der Waals surface area (Å²) in [6.45, 7) is 21.1. The molecule has 2 heterocycles. The lowest BCUT2D eigenvalue weighted by molar-refractivity contribution is -0.0946. The van der Waals surface area contributed by atoms with Gasteiger partial charge in [-0.05, 0) is 34.6 Å². The van der Waals surface area contributed by atoms with Crippen molar-refractivity contribution in [3.63, 3.8) is 0 Å². The molecule has 1 fully saturated rings. The molecule has 0 aliphatic carbocycles. The van der Waals surface area contributed by atoms with Crippen molar-refractivity contribution in [1.29, 1.82) is 0 Å². The van der Waals surface area contributed by atoms with Crippen LogP contribution >= 0.6 is 24.0 Å². The van der Waals surface area contributed by atoms with Crippen LogP contribution in [0.25, 0.3) is 0 Å². The molecule has 2 N–H and O–H groups in total. The summed E-state index contributed by atoms with van der Waals surface area (Å²) >= 11 is 0. The highest BCUT2D eigenvalue weighted by Crippen LogP contribution is 2.23. The highest BCUT2D eigenvalue weighted by molar-refractivity contribution is 14.0. The molecule has 0 saturated carbocycles. The van der Waals surface area contributed by atoms with E-state index in [1.165, 1.54) is 0 Å². The summed E-state index contributed by atoms with van der Waals surface area (Å²) in [6.07, 6.45) is 2.31.